The van der Waals surface area contributed by atoms with E-state index in [0.717, 1.165) is 11.1 Å². The zero-order valence-electron chi connectivity index (χ0n) is 15.9. The molecule has 0 heterocycles. The summed E-state index contributed by atoms with van der Waals surface area (Å²) in [5.74, 6) is 0.301. The molecule has 5 nitrogen and oxygen atoms in total. The van der Waals surface area contributed by atoms with E-state index in [1.807, 2.05) is 13.8 Å². The van der Waals surface area contributed by atoms with Crippen molar-refractivity contribution in [1.29, 1.82) is 0 Å². The van der Waals surface area contributed by atoms with Gasteiger partial charge in [0.1, 0.15) is 0 Å². The molecule has 2 aromatic carbocycles. The second-order valence-electron chi connectivity index (χ2n) is 7.01. The summed E-state index contributed by atoms with van der Waals surface area (Å²) in [5, 5.41) is 0. The van der Waals surface area contributed by atoms with E-state index >= 15 is 0 Å². The molecule has 0 atom stereocenters. The Kier molecular flexibility index (Phi) is 6.08. The van der Waals surface area contributed by atoms with Crippen molar-refractivity contribution < 1.29 is 13.2 Å². The molecule has 0 aliphatic heterocycles. The van der Waals surface area contributed by atoms with Crippen molar-refractivity contribution in [2.24, 2.45) is 5.92 Å². The van der Waals surface area contributed by atoms with Gasteiger partial charge in [-0.25, -0.2) is 8.42 Å². The quantitative estimate of drug-likeness (QED) is 0.835. The number of sulfonamides is 1. The Bertz CT molecular complexity index is 888. The van der Waals surface area contributed by atoms with Gasteiger partial charge in [0.25, 0.3) is 15.9 Å². The minimum atomic E-state index is -3.66. The minimum Gasteiger partial charge on any atom is -0.341 e. The summed E-state index contributed by atoms with van der Waals surface area (Å²) in [6, 6.07) is 11.5. The maximum atomic E-state index is 12.5. The van der Waals surface area contributed by atoms with Gasteiger partial charge in [0.15, 0.2) is 0 Å². The lowest BCUT2D eigenvalue weighted by Crippen LogP contribution is -2.30. The molecule has 0 radical (unpaired) electrons. The molecule has 2 rings (SSSR count). The molecule has 1 N–H and O–H groups in total. The Morgan fingerprint density at radius 1 is 1.04 bits per heavy atom. The van der Waals surface area contributed by atoms with Gasteiger partial charge in [-0.15, -0.1) is 0 Å². The van der Waals surface area contributed by atoms with E-state index in [1.165, 1.54) is 0 Å². The van der Waals surface area contributed by atoms with Gasteiger partial charge >= 0.3 is 0 Å². The Labute approximate surface area is 156 Å². The Morgan fingerprint density at radius 3 is 2.19 bits per heavy atom. The Morgan fingerprint density at radius 2 is 1.65 bits per heavy atom. The number of carbonyl (C=O) groups is 1. The molecular formula is C20H26N2O3S. The molecule has 0 aliphatic rings. The van der Waals surface area contributed by atoms with Crippen molar-refractivity contribution >= 4 is 21.6 Å². The van der Waals surface area contributed by atoms with Gasteiger partial charge < -0.3 is 4.90 Å². The van der Waals surface area contributed by atoms with Crippen molar-refractivity contribution in [3.63, 3.8) is 0 Å². The highest BCUT2D eigenvalue weighted by molar-refractivity contribution is 7.92. The van der Waals surface area contributed by atoms with Crippen LogP contribution in [0.2, 0.25) is 0 Å². The van der Waals surface area contributed by atoms with Gasteiger partial charge in [0.05, 0.1) is 4.90 Å². The highest BCUT2D eigenvalue weighted by Crippen LogP contribution is 2.19. The van der Waals surface area contributed by atoms with Gasteiger partial charge in [-0.2, -0.15) is 0 Å². The van der Waals surface area contributed by atoms with Gasteiger partial charge in [0.2, 0.25) is 0 Å². The summed E-state index contributed by atoms with van der Waals surface area (Å²) in [5.41, 5.74) is 2.91. The highest BCUT2D eigenvalue weighted by Gasteiger charge is 2.16. The van der Waals surface area contributed by atoms with Crippen LogP contribution < -0.4 is 4.72 Å². The molecule has 0 aliphatic carbocycles. The third-order valence-electron chi connectivity index (χ3n) is 4.16. The molecule has 2 aromatic rings. The highest BCUT2D eigenvalue weighted by atomic mass is 32.2. The van der Waals surface area contributed by atoms with Gasteiger partial charge in [-0.05, 0) is 67.3 Å². The predicted octanol–water partition coefficient (Wildman–Crippen LogP) is 3.83. The maximum Gasteiger partial charge on any atom is 0.261 e. The summed E-state index contributed by atoms with van der Waals surface area (Å²) >= 11 is 0. The average Bonchev–Trinajstić information content (AvgIpc) is 2.56. The zero-order chi connectivity index (χ0) is 19.5. The van der Waals surface area contributed by atoms with Gasteiger partial charge in [-0.3, -0.25) is 9.52 Å². The summed E-state index contributed by atoms with van der Waals surface area (Å²) in [7, 11) is -1.90. The fourth-order valence-corrected chi connectivity index (χ4v) is 3.77. The van der Waals surface area contributed by atoms with E-state index in [2.05, 4.69) is 18.6 Å². The van der Waals surface area contributed by atoms with Crippen LogP contribution in [0, 0.1) is 19.8 Å². The second kappa shape index (κ2) is 7.91. The van der Waals surface area contributed by atoms with E-state index in [4.69, 9.17) is 0 Å². The molecule has 0 saturated carbocycles. The molecular weight excluding hydrogens is 348 g/mol. The van der Waals surface area contributed by atoms with Crippen LogP contribution in [0.1, 0.15) is 35.3 Å². The average molecular weight is 375 g/mol. The summed E-state index contributed by atoms with van der Waals surface area (Å²) in [4.78, 5) is 14.2. The number of hydrogen-bond acceptors (Lipinski definition) is 3. The number of hydrogen-bond donors (Lipinski definition) is 1. The normalized spacial score (nSPS) is 11.5. The fourth-order valence-electron chi connectivity index (χ4n) is 2.63. The number of anilines is 1. The maximum absolute atomic E-state index is 12.5. The Hall–Kier alpha value is -2.34. The number of carbonyl (C=O) groups excluding carboxylic acids is 1. The first-order valence-electron chi connectivity index (χ1n) is 8.56. The van der Waals surface area contributed by atoms with Crippen LogP contribution in [0.25, 0.3) is 0 Å². The first-order valence-corrected chi connectivity index (χ1v) is 10.0. The molecule has 6 heteroatoms. The van der Waals surface area contributed by atoms with E-state index in [1.54, 1.807) is 54.4 Å². The van der Waals surface area contributed by atoms with Gasteiger partial charge in [0, 0.05) is 24.8 Å². The zero-order valence-corrected chi connectivity index (χ0v) is 16.7. The van der Waals surface area contributed by atoms with Crippen molar-refractivity contribution in [2.45, 2.75) is 32.6 Å². The molecule has 0 unspecified atom stereocenters. The standard InChI is InChI=1S/C20H26N2O3S/c1-14(2)13-22(5)20(23)17-7-9-18(10-8-17)21-26(24,25)19-11-6-15(3)16(4)12-19/h6-12,14,21H,13H2,1-5H3. The molecule has 0 spiro atoms. The third-order valence-corrected chi connectivity index (χ3v) is 5.54. The van der Waals surface area contributed by atoms with Crippen LogP contribution in [0.3, 0.4) is 0 Å². The van der Waals surface area contributed by atoms with E-state index in [-0.39, 0.29) is 10.8 Å². The lowest BCUT2D eigenvalue weighted by molar-refractivity contribution is 0.0779. The summed E-state index contributed by atoms with van der Waals surface area (Å²) in [6.45, 7) is 8.58. The van der Waals surface area contributed by atoms with E-state index < -0.39 is 10.0 Å². The van der Waals surface area contributed by atoms with Crippen LogP contribution in [-0.4, -0.2) is 32.8 Å². The summed E-state index contributed by atoms with van der Waals surface area (Å²) in [6.07, 6.45) is 0. The lowest BCUT2D eigenvalue weighted by Gasteiger charge is -2.19. The minimum absolute atomic E-state index is 0.0812. The van der Waals surface area contributed by atoms with Crippen molar-refractivity contribution in [2.75, 3.05) is 18.3 Å². The molecule has 1 amide bonds. The predicted molar refractivity (Wildman–Crippen MR) is 105 cm³/mol. The number of nitrogens with one attached hydrogen (secondary N) is 1. The Balaban J connectivity index is 2.15. The number of amides is 1. The largest absolute Gasteiger partial charge is 0.341 e. The SMILES string of the molecule is Cc1ccc(S(=O)(=O)Nc2ccc(C(=O)N(C)CC(C)C)cc2)cc1C. The third kappa shape index (κ3) is 4.85. The van der Waals surface area contributed by atoms with Crippen LogP contribution >= 0.6 is 0 Å². The van der Waals surface area contributed by atoms with E-state index in [9.17, 15) is 13.2 Å². The topological polar surface area (TPSA) is 66.5 Å². The van der Waals surface area contributed by atoms with Crippen molar-refractivity contribution in [1.82, 2.24) is 4.90 Å². The second-order valence-corrected chi connectivity index (χ2v) is 8.69. The van der Waals surface area contributed by atoms with Crippen LogP contribution in [0.15, 0.2) is 47.4 Å². The lowest BCUT2D eigenvalue weighted by atomic mass is 10.1. The summed E-state index contributed by atoms with van der Waals surface area (Å²) < 4.78 is 27.6. The number of benzene rings is 2. The molecule has 0 aromatic heterocycles. The fraction of sp³-hybridized carbons (Fsp3) is 0.350. The van der Waals surface area contributed by atoms with Crippen LogP contribution in [0.4, 0.5) is 5.69 Å². The molecule has 0 bridgehead atoms. The first kappa shape index (κ1) is 20.0. The van der Waals surface area contributed by atoms with Crippen molar-refractivity contribution in [3.8, 4) is 0 Å². The number of nitrogens with zero attached hydrogens (tertiary/aromatic N) is 1. The smallest absolute Gasteiger partial charge is 0.261 e. The molecule has 140 valence electrons. The number of rotatable bonds is 6. The molecule has 26 heavy (non-hydrogen) atoms. The monoisotopic (exact) mass is 374 g/mol. The van der Waals surface area contributed by atoms with E-state index in [0.29, 0.717) is 23.7 Å². The number of aryl methyl sites for hydroxylation is 2. The molecule has 0 fully saturated rings. The molecule has 0 saturated heterocycles. The van der Waals surface area contributed by atoms with Gasteiger partial charge in [-0.1, -0.05) is 19.9 Å². The van der Waals surface area contributed by atoms with Crippen molar-refractivity contribution in [3.05, 3.63) is 59.2 Å². The van der Waals surface area contributed by atoms with Crippen LogP contribution in [-0.2, 0) is 10.0 Å². The first-order chi connectivity index (χ1) is 12.1. The van der Waals surface area contributed by atoms with Crippen LogP contribution in [0.5, 0.6) is 0 Å².